The molecule has 0 saturated carbocycles. The molecule has 0 spiro atoms. The van der Waals surface area contributed by atoms with Crippen molar-refractivity contribution in [3.8, 4) is 10.4 Å². The summed E-state index contributed by atoms with van der Waals surface area (Å²) in [5.74, 6) is 0.242. The van der Waals surface area contributed by atoms with Crippen molar-refractivity contribution in [3.05, 3.63) is 71.7 Å². The van der Waals surface area contributed by atoms with Gasteiger partial charge in [0, 0.05) is 44.3 Å². The zero-order valence-electron chi connectivity index (χ0n) is 19.1. The maximum atomic E-state index is 12.3. The van der Waals surface area contributed by atoms with Gasteiger partial charge in [-0.25, -0.2) is 15.0 Å². The van der Waals surface area contributed by atoms with E-state index in [9.17, 15) is 9.59 Å². The Morgan fingerprint density at radius 1 is 1.24 bits per heavy atom. The molecule has 0 aliphatic carbocycles. The Hall–Kier alpha value is -3.46. The van der Waals surface area contributed by atoms with Crippen molar-refractivity contribution in [1.29, 1.82) is 0 Å². The van der Waals surface area contributed by atoms with Crippen LogP contribution in [0.5, 0.6) is 0 Å². The molecular formula is C24H28N6O2S. The van der Waals surface area contributed by atoms with Gasteiger partial charge >= 0.3 is 0 Å². The highest BCUT2D eigenvalue weighted by molar-refractivity contribution is 7.15. The predicted octanol–water partition coefficient (Wildman–Crippen LogP) is 2.98. The monoisotopic (exact) mass is 464 g/mol. The van der Waals surface area contributed by atoms with E-state index in [2.05, 4.69) is 31.8 Å². The molecular weight excluding hydrogens is 436 g/mol. The first-order chi connectivity index (χ1) is 15.9. The molecule has 0 saturated heterocycles. The second kappa shape index (κ2) is 11.4. The number of hydrogen-bond donors (Lipinski definition) is 1. The molecule has 9 heteroatoms. The van der Waals surface area contributed by atoms with E-state index in [1.54, 1.807) is 37.7 Å². The molecule has 2 amide bonds. The van der Waals surface area contributed by atoms with Gasteiger partial charge in [-0.2, -0.15) is 0 Å². The van der Waals surface area contributed by atoms with Gasteiger partial charge in [-0.05, 0) is 56.5 Å². The van der Waals surface area contributed by atoms with Gasteiger partial charge in [0.2, 0.25) is 11.8 Å². The second-order valence-corrected chi connectivity index (χ2v) is 8.77. The normalized spacial score (nSPS) is 11.6. The van der Waals surface area contributed by atoms with Crippen molar-refractivity contribution < 1.29 is 9.59 Å². The molecule has 3 aromatic heterocycles. The van der Waals surface area contributed by atoms with Gasteiger partial charge < -0.3 is 10.2 Å². The molecule has 0 aliphatic rings. The minimum absolute atomic E-state index is 0.193. The molecule has 3 aromatic rings. The lowest BCUT2D eigenvalue weighted by molar-refractivity contribution is -0.135. The van der Waals surface area contributed by atoms with Crippen LogP contribution in [0.4, 0.5) is 0 Å². The summed E-state index contributed by atoms with van der Waals surface area (Å²) >= 11 is 1.64. The number of rotatable bonds is 10. The largest absolute Gasteiger partial charge is 0.354 e. The van der Waals surface area contributed by atoms with E-state index in [1.807, 2.05) is 31.3 Å². The molecule has 3 heterocycles. The minimum Gasteiger partial charge on any atom is -0.354 e. The Bertz CT molecular complexity index is 1120. The van der Waals surface area contributed by atoms with Crippen LogP contribution in [0.2, 0.25) is 0 Å². The van der Waals surface area contributed by atoms with Crippen LogP contribution < -0.4 is 5.32 Å². The minimum atomic E-state index is -0.557. The van der Waals surface area contributed by atoms with Crippen molar-refractivity contribution in [1.82, 2.24) is 30.2 Å². The topological polar surface area (TPSA) is 101 Å². The highest BCUT2D eigenvalue weighted by Gasteiger charge is 2.20. The van der Waals surface area contributed by atoms with Crippen LogP contribution >= 0.6 is 11.3 Å². The summed E-state index contributed by atoms with van der Waals surface area (Å²) in [6, 6.07) is 5.39. The van der Waals surface area contributed by atoms with Crippen molar-refractivity contribution in [2.24, 2.45) is 0 Å². The highest BCUT2D eigenvalue weighted by atomic mass is 32.1. The Kier molecular flexibility index (Phi) is 8.37. The van der Waals surface area contributed by atoms with Crippen LogP contribution in [0, 0.1) is 6.92 Å². The van der Waals surface area contributed by atoms with Crippen LogP contribution in [0.25, 0.3) is 10.4 Å². The summed E-state index contributed by atoms with van der Waals surface area (Å²) in [6.45, 7) is 7.52. The van der Waals surface area contributed by atoms with Gasteiger partial charge in [0.15, 0.2) is 0 Å². The van der Waals surface area contributed by atoms with Gasteiger partial charge in [0.1, 0.15) is 11.9 Å². The average Bonchev–Trinajstić information content (AvgIpc) is 3.28. The highest BCUT2D eigenvalue weighted by Crippen LogP contribution is 2.26. The second-order valence-electron chi connectivity index (χ2n) is 7.65. The first-order valence-corrected chi connectivity index (χ1v) is 11.5. The number of hydrogen-bond acceptors (Lipinski definition) is 7. The zero-order chi connectivity index (χ0) is 23.8. The smallest absolute Gasteiger partial charge is 0.246 e. The molecule has 0 radical (unpaired) electrons. The molecule has 33 heavy (non-hydrogen) atoms. The van der Waals surface area contributed by atoms with Crippen molar-refractivity contribution in [3.63, 3.8) is 0 Å². The number of thiazole rings is 1. The van der Waals surface area contributed by atoms with Gasteiger partial charge in [0.25, 0.3) is 0 Å². The average molecular weight is 465 g/mol. The number of carbonyl (C=O) groups excluding carboxylic acids is 2. The summed E-state index contributed by atoms with van der Waals surface area (Å²) < 4.78 is 0. The maximum absolute atomic E-state index is 12.3. The lowest BCUT2D eigenvalue weighted by atomic mass is 10.2. The zero-order valence-corrected chi connectivity index (χ0v) is 19.9. The van der Waals surface area contributed by atoms with E-state index in [-0.39, 0.29) is 11.8 Å². The summed E-state index contributed by atoms with van der Waals surface area (Å²) in [5, 5.41) is 3.87. The van der Waals surface area contributed by atoms with E-state index >= 15 is 0 Å². The fourth-order valence-electron chi connectivity index (χ4n) is 3.25. The van der Waals surface area contributed by atoms with Crippen molar-refractivity contribution in [2.45, 2.75) is 39.2 Å². The van der Waals surface area contributed by atoms with Crippen LogP contribution in [0.15, 0.2) is 49.4 Å². The number of nitrogens with one attached hydrogen (secondary N) is 1. The molecule has 1 N–H and O–H groups in total. The van der Waals surface area contributed by atoms with Crippen molar-refractivity contribution >= 4 is 23.2 Å². The standard InChI is InChI=1S/C24H28N6O2S/c1-5-23(31)30(4)16(2)24(32)26-10-6-7-19-13-20(29-17(3)28-19)14-22-27-15-21(33-22)18-8-11-25-12-9-18/h5,8-9,11-13,15-16H,1,6-7,10,14H2,2-4H3,(H,26,32)/t16-/m0/s1. The maximum Gasteiger partial charge on any atom is 0.246 e. The van der Waals surface area contributed by atoms with Crippen LogP contribution in [-0.4, -0.2) is 56.3 Å². The lowest BCUT2D eigenvalue weighted by Gasteiger charge is -2.22. The molecule has 172 valence electrons. The number of amides is 2. The molecule has 0 fully saturated rings. The van der Waals surface area contributed by atoms with E-state index in [1.165, 1.54) is 11.0 Å². The van der Waals surface area contributed by atoms with Gasteiger partial charge in [-0.3, -0.25) is 14.6 Å². The number of likely N-dealkylation sites (N-methyl/N-ethyl adjacent to an activating group) is 1. The van der Waals surface area contributed by atoms with Crippen LogP contribution in [0.3, 0.4) is 0 Å². The molecule has 0 bridgehead atoms. The van der Waals surface area contributed by atoms with Crippen LogP contribution in [-0.2, 0) is 22.4 Å². The summed E-state index contributed by atoms with van der Waals surface area (Å²) in [7, 11) is 1.59. The first-order valence-electron chi connectivity index (χ1n) is 10.7. The van der Waals surface area contributed by atoms with Crippen molar-refractivity contribution in [2.75, 3.05) is 13.6 Å². The SMILES string of the molecule is C=CC(=O)N(C)[C@@H](C)C(=O)NCCCc1cc(Cc2ncc(-c3ccncc3)s2)nc(C)n1. The van der Waals surface area contributed by atoms with Crippen LogP contribution in [0.1, 0.15) is 35.6 Å². The predicted molar refractivity (Wildman–Crippen MR) is 129 cm³/mol. The van der Waals surface area contributed by atoms with E-state index in [0.717, 1.165) is 39.1 Å². The Labute approximate surface area is 197 Å². The Morgan fingerprint density at radius 2 is 1.97 bits per heavy atom. The fourth-order valence-corrected chi connectivity index (χ4v) is 4.19. The summed E-state index contributed by atoms with van der Waals surface area (Å²) in [5.41, 5.74) is 2.96. The number of pyridine rings is 1. The third-order valence-electron chi connectivity index (χ3n) is 5.19. The third kappa shape index (κ3) is 6.76. The Morgan fingerprint density at radius 3 is 2.70 bits per heavy atom. The summed E-state index contributed by atoms with van der Waals surface area (Å²) in [6.07, 6.45) is 8.72. The fraction of sp³-hybridized carbons (Fsp3) is 0.333. The molecule has 1 atom stereocenters. The van der Waals surface area contributed by atoms with Gasteiger partial charge in [0.05, 0.1) is 15.6 Å². The quantitative estimate of drug-likeness (QED) is 0.366. The Balaban J connectivity index is 1.53. The van der Waals surface area contributed by atoms with Gasteiger partial charge in [-0.1, -0.05) is 6.58 Å². The van der Waals surface area contributed by atoms with E-state index in [0.29, 0.717) is 19.4 Å². The lowest BCUT2D eigenvalue weighted by Crippen LogP contribution is -2.45. The van der Waals surface area contributed by atoms with E-state index < -0.39 is 6.04 Å². The number of aromatic nitrogens is 4. The van der Waals surface area contributed by atoms with Gasteiger partial charge in [-0.15, -0.1) is 11.3 Å². The van der Waals surface area contributed by atoms with E-state index in [4.69, 9.17) is 0 Å². The molecule has 0 aliphatic heterocycles. The number of aryl methyl sites for hydroxylation is 2. The number of nitrogens with zero attached hydrogens (tertiary/aromatic N) is 5. The summed E-state index contributed by atoms with van der Waals surface area (Å²) in [4.78, 5) is 44.1. The molecule has 3 rings (SSSR count). The molecule has 8 nitrogen and oxygen atoms in total. The molecule has 0 aromatic carbocycles. The number of carbonyl (C=O) groups is 2. The third-order valence-corrected chi connectivity index (χ3v) is 6.23. The molecule has 0 unspecified atom stereocenters. The first kappa shape index (κ1) is 24.2.